The summed E-state index contributed by atoms with van der Waals surface area (Å²) in [4.78, 5) is 13.9. The third kappa shape index (κ3) is 4.83. The standard InChI is InChI=1S/C24H26N2O/c1-18-14-15-19(2)22(16-18)25-23(27)17-26(3)24(20-10-6-4-7-11-20)21-12-8-5-9-13-21/h4-16,24H,17H2,1-3H3,(H,25,27)/p+1. The van der Waals surface area contributed by atoms with E-state index in [1.165, 1.54) is 11.1 Å². The van der Waals surface area contributed by atoms with Crippen molar-refractivity contribution in [2.75, 3.05) is 18.9 Å². The number of hydrogen-bond acceptors (Lipinski definition) is 1. The van der Waals surface area contributed by atoms with E-state index in [0.717, 1.165) is 21.7 Å². The van der Waals surface area contributed by atoms with Crippen LogP contribution in [0.4, 0.5) is 5.69 Å². The van der Waals surface area contributed by atoms with Crippen molar-refractivity contribution in [2.45, 2.75) is 19.9 Å². The molecule has 0 aliphatic heterocycles. The predicted molar refractivity (Wildman–Crippen MR) is 111 cm³/mol. The average molecular weight is 359 g/mol. The van der Waals surface area contributed by atoms with Crippen LogP contribution in [0, 0.1) is 13.8 Å². The average Bonchev–Trinajstić information content (AvgIpc) is 2.66. The molecule has 3 rings (SSSR count). The van der Waals surface area contributed by atoms with Crippen molar-refractivity contribution < 1.29 is 9.69 Å². The highest BCUT2D eigenvalue weighted by molar-refractivity contribution is 5.92. The van der Waals surface area contributed by atoms with E-state index in [1.54, 1.807) is 0 Å². The van der Waals surface area contributed by atoms with Crippen LogP contribution in [0.5, 0.6) is 0 Å². The van der Waals surface area contributed by atoms with Gasteiger partial charge < -0.3 is 10.2 Å². The monoisotopic (exact) mass is 359 g/mol. The molecule has 0 fully saturated rings. The van der Waals surface area contributed by atoms with Crippen molar-refractivity contribution in [3.8, 4) is 0 Å². The van der Waals surface area contributed by atoms with Crippen LogP contribution >= 0.6 is 0 Å². The van der Waals surface area contributed by atoms with Gasteiger partial charge in [0, 0.05) is 16.8 Å². The molecule has 2 N–H and O–H groups in total. The molecule has 0 aliphatic rings. The summed E-state index contributed by atoms with van der Waals surface area (Å²) in [6.07, 6.45) is 0. The number of carbonyl (C=O) groups is 1. The highest BCUT2D eigenvalue weighted by Crippen LogP contribution is 2.19. The van der Waals surface area contributed by atoms with Crippen LogP contribution in [0.2, 0.25) is 0 Å². The largest absolute Gasteiger partial charge is 0.321 e. The molecule has 138 valence electrons. The fraction of sp³-hybridized carbons (Fsp3) is 0.208. The Labute approximate surface area is 161 Å². The molecule has 0 aliphatic carbocycles. The quantitative estimate of drug-likeness (QED) is 0.693. The molecule has 0 spiro atoms. The first-order chi connectivity index (χ1) is 13.0. The van der Waals surface area contributed by atoms with E-state index in [1.807, 2.05) is 38.1 Å². The van der Waals surface area contributed by atoms with Gasteiger partial charge in [0.25, 0.3) is 5.91 Å². The maximum absolute atomic E-state index is 12.7. The second-order valence-electron chi connectivity index (χ2n) is 7.14. The molecule has 1 unspecified atom stereocenters. The van der Waals surface area contributed by atoms with Crippen molar-refractivity contribution in [3.05, 3.63) is 101 Å². The lowest BCUT2D eigenvalue weighted by Gasteiger charge is -2.25. The van der Waals surface area contributed by atoms with E-state index >= 15 is 0 Å². The first-order valence-corrected chi connectivity index (χ1v) is 9.34. The first-order valence-electron chi connectivity index (χ1n) is 9.34. The summed E-state index contributed by atoms with van der Waals surface area (Å²) in [6.45, 7) is 4.44. The summed E-state index contributed by atoms with van der Waals surface area (Å²) in [6, 6.07) is 27.0. The van der Waals surface area contributed by atoms with E-state index in [4.69, 9.17) is 0 Å². The Morgan fingerprint density at radius 2 is 1.44 bits per heavy atom. The van der Waals surface area contributed by atoms with Gasteiger partial charge in [-0.2, -0.15) is 0 Å². The molecule has 0 heterocycles. The minimum atomic E-state index is 0.0260. The van der Waals surface area contributed by atoms with Gasteiger partial charge in [0.05, 0.1) is 7.05 Å². The highest BCUT2D eigenvalue weighted by atomic mass is 16.2. The second-order valence-corrected chi connectivity index (χ2v) is 7.14. The summed E-state index contributed by atoms with van der Waals surface area (Å²) in [7, 11) is 2.08. The maximum atomic E-state index is 12.7. The van der Waals surface area contributed by atoms with E-state index in [2.05, 4.69) is 67.0 Å². The summed E-state index contributed by atoms with van der Waals surface area (Å²) >= 11 is 0. The second kappa shape index (κ2) is 8.65. The Morgan fingerprint density at radius 3 is 2.00 bits per heavy atom. The number of amides is 1. The van der Waals surface area contributed by atoms with Crippen molar-refractivity contribution in [3.63, 3.8) is 0 Å². The number of anilines is 1. The predicted octanol–water partition coefficient (Wildman–Crippen LogP) is 3.55. The Kier molecular flexibility index (Phi) is 6.05. The van der Waals surface area contributed by atoms with Gasteiger partial charge in [0.15, 0.2) is 6.54 Å². The number of rotatable bonds is 6. The van der Waals surface area contributed by atoms with Gasteiger partial charge in [0.1, 0.15) is 6.04 Å². The molecule has 0 aromatic heterocycles. The minimum Gasteiger partial charge on any atom is -0.321 e. The number of carbonyl (C=O) groups excluding carboxylic acids is 1. The van der Waals surface area contributed by atoms with Gasteiger partial charge in [0.2, 0.25) is 0 Å². The van der Waals surface area contributed by atoms with Gasteiger partial charge >= 0.3 is 0 Å². The minimum absolute atomic E-state index is 0.0260. The molecule has 0 radical (unpaired) electrons. The lowest BCUT2D eigenvalue weighted by atomic mass is 9.97. The Bertz CT molecular complexity index is 851. The maximum Gasteiger partial charge on any atom is 0.279 e. The molecule has 27 heavy (non-hydrogen) atoms. The summed E-state index contributed by atoms with van der Waals surface area (Å²) in [5, 5.41) is 3.08. The zero-order valence-corrected chi connectivity index (χ0v) is 16.2. The van der Waals surface area contributed by atoms with Gasteiger partial charge in [-0.05, 0) is 31.0 Å². The van der Waals surface area contributed by atoms with Crippen LogP contribution in [-0.2, 0) is 4.79 Å². The van der Waals surface area contributed by atoms with Gasteiger partial charge in [-0.3, -0.25) is 4.79 Å². The smallest absolute Gasteiger partial charge is 0.279 e. The summed E-state index contributed by atoms with van der Waals surface area (Å²) < 4.78 is 0. The van der Waals surface area contributed by atoms with E-state index < -0.39 is 0 Å². The molecule has 0 saturated carbocycles. The summed E-state index contributed by atoms with van der Waals surface area (Å²) in [5.74, 6) is 0.0260. The molecule has 1 atom stereocenters. The van der Waals surface area contributed by atoms with Crippen LogP contribution in [0.3, 0.4) is 0 Å². The Hall–Kier alpha value is -2.91. The molecular weight excluding hydrogens is 332 g/mol. The molecular formula is C24H27N2O+. The van der Waals surface area contributed by atoms with Crippen LogP contribution in [0.15, 0.2) is 78.9 Å². The number of benzene rings is 3. The number of aryl methyl sites for hydroxylation is 2. The van der Waals surface area contributed by atoms with Crippen molar-refractivity contribution in [2.24, 2.45) is 0 Å². The van der Waals surface area contributed by atoms with E-state index in [-0.39, 0.29) is 11.9 Å². The number of nitrogens with one attached hydrogen (secondary N) is 2. The zero-order chi connectivity index (χ0) is 19.2. The third-order valence-corrected chi connectivity index (χ3v) is 4.87. The van der Waals surface area contributed by atoms with Crippen LogP contribution in [0.1, 0.15) is 28.3 Å². The lowest BCUT2D eigenvalue weighted by molar-refractivity contribution is -0.897. The topological polar surface area (TPSA) is 33.5 Å². The SMILES string of the molecule is Cc1ccc(C)c(NC(=O)C[NH+](C)C(c2ccccc2)c2ccccc2)c1. The molecule has 3 aromatic carbocycles. The highest BCUT2D eigenvalue weighted by Gasteiger charge is 2.25. The molecule has 3 heteroatoms. The van der Waals surface area contributed by atoms with E-state index in [9.17, 15) is 4.79 Å². The van der Waals surface area contributed by atoms with Crippen molar-refractivity contribution in [1.29, 1.82) is 0 Å². The Balaban J connectivity index is 1.79. The number of hydrogen-bond donors (Lipinski definition) is 2. The van der Waals surface area contributed by atoms with Gasteiger partial charge in [-0.15, -0.1) is 0 Å². The fourth-order valence-corrected chi connectivity index (χ4v) is 3.47. The van der Waals surface area contributed by atoms with Gasteiger partial charge in [-0.25, -0.2) is 0 Å². The van der Waals surface area contributed by atoms with Crippen LogP contribution in [-0.4, -0.2) is 19.5 Å². The third-order valence-electron chi connectivity index (χ3n) is 4.87. The van der Waals surface area contributed by atoms with Crippen molar-refractivity contribution in [1.82, 2.24) is 0 Å². The normalized spacial score (nSPS) is 12.0. The molecule has 3 nitrogen and oxygen atoms in total. The summed E-state index contributed by atoms with van der Waals surface area (Å²) in [5.41, 5.74) is 5.53. The Morgan fingerprint density at radius 1 is 0.889 bits per heavy atom. The number of quaternary nitrogens is 1. The molecule has 0 saturated heterocycles. The zero-order valence-electron chi connectivity index (χ0n) is 16.2. The number of likely N-dealkylation sites (N-methyl/N-ethyl adjacent to an activating group) is 1. The first kappa shape index (κ1) is 18.9. The lowest BCUT2D eigenvalue weighted by Crippen LogP contribution is -3.10. The van der Waals surface area contributed by atoms with Gasteiger partial charge in [-0.1, -0.05) is 72.8 Å². The fourth-order valence-electron chi connectivity index (χ4n) is 3.47. The van der Waals surface area contributed by atoms with E-state index in [0.29, 0.717) is 6.54 Å². The van der Waals surface area contributed by atoms with Crippen molar-refractivity contribution >= 4 is 11.6 Å². The molecule has 3 aromatic rings. The van der Waals surface area contributed by atoms with Crippen LogP contribution in [0.25, 0.3) is 0 Å². The van der Waals surface area contributed by atoms with Crippen LogP contribution < -0.4 is 10.2 Å². The molecule has 1 amide bonds. The molecule has 0 bridgehead atoms.